The zero-order valence-electron chi connectivity index (χ0n) is 22.2. The number of aliphatic hydroxyl groups is 1. The maximum Gasteiger partial charge on any atom is 0.418 e. The Kier molecular flexibility index (Phi) is 8.01. The van der Waals surface area contributed by atoms with Gasteiger partial charge in [0.05, 0.1) is 22.9 Å². The van der Waals surface area contributed by atoms with Gasteiger partial charge in [-0.15, -0.1) is 0 Å². The predicted octanol–water partition coefficient (Wildman–Crippen LogP) is 5.67. The molecule has 0 aliphatic rings. The fraction of sp³-hybridized carbons (Fsp3) is 0.172. The van der Waals surface area contributed by atoms with Crippen molar-refractivity contribution in [2.45, 2.75) is 18.7 Å². The number of anilines is 3. The topological polar surface area (TPSA) is 122 Å². The van der Waals surface area contributed by atoms with Gasteiger partial charge in [-0.05, 0) is 48.4 Å². The highest BCUT2D eigenvalue weighted by Crippen LogP contribution is 2.39. The van der Waals surface area contributed by atoms with Crippen LogP contribution in [0.3, 0.4) is 0 Å². The number of halogens is 4. The minimum atomic E-state index is -4.73. The molecule has 0 radical (unpaired) electrons. The fourth-order valence-electron chi connectivity index (χ4n) is 4.56. The minimum Gasteiger partial charge on any atom is -0.388 e. The summed E-state index contributed by atoms with van der Waals surface area (Å²) in [5, 5.41) is 17.8. The zero-order valence-corrected chi connectivity index (χ0v) is 22.9. The molecular weight excluding hydrogens is 571 g/mol. The van der Waals surface area contributed by atoms with Crippen LogP contribution >= 0.6 is 11.6 Å². The van der Waals surface area contributed by atoms with Gasteiger partial charge in [-0.2, -0.15) is 18.3 Å². The monoisotopic (exact) mass is 595 g/mol. The number of hydrogen-bond acceptors (Lipinski definition) is 7. The summed E-state index contributed by atoms with van der Waals surface area (Å²) in [6.07, 6.45) is -2.95. The summed E-state index contributed by atoms with van der Waals surface area (Å²) in [4.78, 5) is 23.4. The molecule has 2 aromatic carbocycles. The van der Waals surface area contributed by atoms with Gasteiger partial charge in [-0.3, -0.25) is 4.79 Å². The van der Waals surface area contributed by atoms with Crippen LogP contribution < -0.4 is 16.0 Å². The van der Waals surface area contributed by atoms with Gasteiger partial charge >= 0.3 is 6.18 Å². The number of nitrogens with zero attached hydrogens (tertiary/aromatic N) is 5. The van der Waals surface area contributed by atoms with Gasteiger partial charge in [0.15, 0.2) is 5.82 Å². The number of nitrogens with two attached hydrogens (primary N) is 1. The molecule has 0 aliphatic heterocycles. The largest absolute Gasteiger partial charge is 0.418 e. The molecule has 216 valence electrons. The molecule has 3 heterocycles. The van der Waals surface area contributed by atoms with Crippen LogP contribution in [0.25, 0.3) is 16.8 Å². The first kappa shape index (κ1) is 28.8. The normalized spacial score (nSPS) is 12.3. The first-order chi connectivity index (χ1) is 20.0. The van der Waals surface area contributed by atoms with E-state index in [1.807, 2.05) is 30.3 Å². The van der Waals surface area contributed by atoms with Gasteiger partial charge in [0.25, 0.3) is 5.91 Å². The number of amides is 1. The second-order valence-corrected chi connectivity index (χ2v) is 9.88. The van der Waals surface area contributed by atoms with Crippen LogP contribution in [0.4, 0.5) is 30.5 Å². The molecule has 1 atom stereocenters. The summed E-state index contributed by atoms with van der Waals surface area (Å²) in [6, 6.07) is 18.2. The van der Waals surface area contributed by atoms with Crippen LogP contribution in [0, 0.1) is 0 Å². The number of pyridine rings is 1. The summed E-state index contributed by atoms with van der Waals surface area (Å²) in [5.74, 6) is -0.600. The first-order valence-electron chi connectivity index (χ1n) is 12.7. The first-order valence-corrected chi connectivity index (χ1v) is 13.1. The van der Waals surface area contributed by atoms with E-state index in [1.54, 1.807) is 36.2 Å². The average Bonchev–Trinajstić information content (AvgIpc) is 3.39. The summed E-state index contributed by atoms with van der Waals surface area (Å²) in [7, 11) is 1.72. The van der Waals surface area contributed by atoms with E-state index in [1.165, 1.54) is 12.3 Å². The summed E-state index contributed by atoms with van der Waals surface area (Å²) >= 11 is 5.92. The van der Waals surface area contributed by atoms with E-state index >= 15 is 0 Å². The lowest BCUT2D eigenvalue weighted by atomic mass is 10.1. The third kappa shape index (κ3) is 5.85. The Morgan fingerprint density at radius 1 is 1.12 bits per heavy atom. The summed E-state index contributed by atoms with van der Waals surface area (Å²) in [5.41, 5.74) is 6.10. The van der Waals surface area contributed by atoms with E-state index in [2.05, 4.69) is 20.4 Å². The van der Waals surface area contributed by atoms with Crippen LogP contribution in [0.5, 0.6) is 0 Å². The van der Waals surface area contributed by atoms with Crippen molar-refractivity contribution < 1.29 is 23.1 Å². The van der Waals surface area contributed by atoms with Crippen molar-refractivity contribution in [2.75, 3.05) is 24.2 Å². The Morgan fingerprint density at radius 2 is 1.83 bits per heavy atom. The molecule has 0 saturated carbocycles. The molecule has 3 aromatic heterocycles. The summed E-state index contributed by atoms with van der Waals surface area (Å²) < 4.78 is 42.7. The maximum atomic E-state index is 13.9. The zero-order chi connectivity index (χ0) is 30.0. The van der Waals surface area contributed by atoms with E-state index in [0.29, 0.717) is 10.6 Å². The third-order valence-electron chi connectivity index (χ3n) is 6.71. The molecule has 42 heavy (non-hydrogen) atoms. The lowest BCUT2D eigenvalue weighted by Crippen LogP contribution is -2.28. The van der Waals surface area contributed by atoms with E-state index < -0.39 is 29.3 Å². The smallest absolute Gasteiger partial charge is 0.388 e. The molecule has 9 nitrogen and oxygen atoms in total. The average molecular weight is 596 g/mol. The Balaban J connectivity index is 1.51. The Hall–Kier alpha value is -4.68. The summed E-state index contributed by atoms with van der Waals surface area (Å²) in [6.45, 7) is 0.109. The van der Waals surface area contributed by atoms with Gasteiger partial charge in [0.2, 0.25) is 0 Å². The molecule has 0 bridgehead atoms. The van der Waals surface area contributed by atoms with Gasteiger partial charge in [0.1, 0.15) is 17.7 Å². The Labute approximate surface area is 243 Å². The molecule has 5 aromatic rings. The second-order valence-electron chi connectivity index (χ2n) is 9.45. The van der Waals surface area contributed by atoms with E-state index in [0.717, 1.165) is 22.6 Å². The van der Waals surface area contributed by atoms with Crippen molar-refractivity contribution in [3.05, 3.63) is 101 Å². The van der Waals surface area contributed by atoms with Crippen LogP contribution in [-0.4, -0.2) is 44.2 Å². The minimum absolute atomic E-state index is 0.0278. The lowest BCUT2D eigenvalue weighted by Gasteiger charge is -2.22. The predicted molar refractivity (Wildman–Crippen MR) is 153 cm³/mol. The number of nitrogens with one attached hydrogen (secondary N) is 1. The number of aliphatic hydroxyl groups excluding tert-OH is 1. The number of fused-ring (bicyclic) bond motifs is 1. The number of alkyl halides is 3. The fourth-order valence-corrected chi connectivity index (χ4v) is 4.69. The Morgan fingerprint density at radius 3 is 2.52 bits per heavy atom. The van der Waals surface area contributed by atoms with Crippen molar-refractivity contribution in [1.29, 1.82) is 0 Å². The maximum absolute atomic E-state index is 13.9. The highest BCUT2D eigenvalue weighted by molar-refractivity contribution is 6.30. The van der Waals surface area contributed by atoms with Crippen molar-refractivity contribution >= 4 is 40.3 Å². The van der Waals surface area contributed by atoms with E-state index in [-0.39, 0.29) is 41.4 Å². The number of nitrogen functional groups attached to an aromatic ring is 1. The number of carbonyl (C=O) groups is 1. The van der Waals surface area contributed by atoms with Gasteiger partial charge in [-0.1, -0.05) is 41.9 Å². The van der Waals surface area contributed by atoms with Crippen molar-refractivity contribution in [3.63, 3.8) is 0 Å². The highest BCUT2D eigenvalue weighted by Gasteiger charge is 2.36. The number of rotatable bonds is 8. The molecule has 0 aliphatic carbocycles. The molecule has 0 saturated heterocycles. The van der Waals surface area contributed by atoms with E-state index in [9.17, 15) is 23.1 Å². The van der Waals surface area contributed by atoms with Gasteiger partial charge in [-0.25, -0.2) is 14.5 Å². The molecule has 13 heteroatoms. The molecule has 0 fully saturated rings. The van der Waals surface area contributed by atoms with Crippen LogP contribution in [-0.2, 0) is 6.18 Å². The quantitative estimate of drug-likeness (QED) is 0.211. The van der Waals surface area contributed by atoms with Crippen LogP contribution in [0.2, 0.25) is 5.02 Å². The van der Waals surface area contributed by atoms with Crippen molar-refractivity contribution in [1.82, 2.24) is 24.9 Å². The third-order valence-corrected chi connectivity index (χ3v) is 6.97. The molecule has 0 unspecified atom stereocenters. The molecular formula is C29H25ClF3N7O2. The number of carbonyl (C=O) groups excluding carboxylic acids is 1. The number of para-hydroxylation sites is 1. The number of benzene rings is 2. The SMILES string of the molecule is CN(c1ccccc1)c1ncc(-c2cc(C(F)(F)F)c3c(N)ncnn23)cc1C(=O)NCC[C@H](O)c1ccc(Cl)cc1. The van der Waals surface area contributed by atoms with Crippen LogP contribution in [0.1, 0.15) is 34.0 Å². The number of hydrogen-bond donors (Lipinski definition) is 3. The molecule has 1 amide bonds. The lowest BCUT2D eigenvalue weighted by molar-refractivity contribution is -0.136. The second kappa shape index (κ2) is 11.7. The standard InChI is InChI=1S/C29H25ClF3N7O2/c1-39(20-5-3-2-4-6-20)27-21(28(42)35-12-11-24(41)17-7-9-19(30)10-8-17)13-18(15-36-27)23-14-22(29(31,32)33)25-26(34)37-16-38-40(23)25/h2-10,13-16,24,41H,11-12H2,1H3,(H,35,42)(H2,34,37,38)/t24-/m0/s1. The highest BCUT2D eigenvalue weighted by atomic mass is 35.5. The van der Waals surface area contributed by atoms with Crippen LogP contribution in [0.15, 0.2) is 79.3 Å². The Bertz CT molecular complexity index is 1730. The van der Waals surface area contributed by atoms with Crippen molar-refractivity contribution in [2.24, 2.45) is 0 Å². The molecule has 5 rings (SSSR count). The van der Waals surface area contributed by atoms with Gasteiger partial charge in [0, 0.05) is 36.1 Å². The van der Waals surface area contributed by atoms with Crippen molar-refractivity contribution in [3.8, 4) is 11.3 Å². The van der Waals surface area contributed by atoms with E-state index in [4.69, 9.17) is 17.3 Å². The van der Waals surface area contributed by atoms with Gasteiger partial charge < -0.3 is 21.1 Å². The molecule has 0 spiro atoms. The molecule has 4 N–H and O–H groups in total. The number of aromatic nitrogens is 4.